The first kappa shape index (κ1) is 14.2. The monoisotopic (exact) mass is 260 g/mol. The molecule has 2 heteroatoms. The molecule has 0 radical (unpaired) electrons. The highest BCUT2D eigenvalue weighted by Crippen LogP contribution is 2.31. The molecular weight excluding hydrogens is 232 g/mol. The van der Waals surface area contributed by atoms with Crippen LogP contribution in [0.25, 0.3) is 0 Å². The zero-order chi connectivity index (χ0) is 14.0. The molecule has 0 bridgehead atoms. The van der Waals surface area contributed by atoms with E-state index in [4.69, 9.17) is 0 Å². The van der Waals surface area contributed by atoms with Crippen LogP contribution in [-0.4, -0.2) is 20.1 Å². The van der Waals surface area contributed by atoms with Crippen LogP contribution in [0.3, 0.4) is 0 Å². The number of nitrogens with zero attached hydrogens (tertiary/aromatic N) is 1. The Labute approximate surface area is 118 Å². The van der Waals surface area contributed by atoms with Crippen LogP contribution in [0, 0.1) is 18.8 Å². The Kier molecular flexibility index (Phi) is 4.38. The highest BCUT2D eigenvalue weighted by atomic mass is 15.1. The zero-order valence-corrected chi connectivity index (χ0v) is 13.0. The van der Waals surface area contributed by atoms with Gasteiger partial charge in [0.15, 0.2) is 0 Å². The third-order valence-electron chi connectivity index (χ3n) is 4.26. The second-order valence-electron chi connectivity index (χ2n) is 6.65. The number of nitrogens with one attached hydrogen (secondary N) is 1. The maximum absolute atomic E-state index is 3.76. The van der Waals surface area contributed by atoms with Gasteiger partial charge in [-0.05, 0) is 61.8 Å². The zero-order valence-electron chi connectivity index (χ0n) is 13.0. The van der Waals surface area contributed by atoms with Crippen LogP contribution in [0.15, 0.2) is 18.2 Å². The summed E-state index contributed by atoms with van der Waals surface area (Å²) in [6.07, 6.45) is 4.00. The third kappa shape index (κ3) is 3.65. The van der Waals surface area contributed by atoms with Crippen molar-refractivity contribution in [2.24, 2.45) is 11.8 Å². The molecule has 0 amide bonds. The maximum atomic E-state index is 3.76. The van der Waals surface area contributed by atoms with Gasteiger partial charge in [-0.2, -0.15) is 0 Å². The first-order valence-corrected chi connectivity index (χ1v) is 7.50. The van der Waals surface area contributed by atoms with E-state index in [1.54, 1.807) is 0 Å². The van der Waals surface area contributed by atoms with Crippen LogP contribution in [0.4, 0.5) is 11.4 Å². The van der Waals surface area contributed by atoms with E-state index in [1.807, 2.05) is 0 Å². The minimum Gasteiger partial charge on any atom is -0.382 e. The summed E-state index contributed by atoms with van der Waals surface area (Å²) >= 11 is 0. The summed E-state index contributed by atoms with van der Waals surface area (Å²) in [5, 5.41) is 3.76. The van der Waals surface area contributed by atoms with E-state index < -0.39 is 0 Å². The fourth-order valence-corrected chi connectivity index (χ4v) is 3.37. The molecule has 1 aromatic carbocycles. The van der Waals surface area contributed by atoms with E-state index in [-0.39, 0.29) is 0 Å². The highest BCUT2D eigenvalue weighted by Gasteiger charge is 2.23. The van der Waals surface area contributed by atoms with Gasteiger partial charge >= 0.3 is 0 Å². The van der Waals surface area contributed by atoms with Gasteiger partial charge in [-0.25, -0.2) is 0 Å². The molecule has 0 heterocycles. The second kappa shape index (κ2) is 5.85. The minimum atomic E-state index is 0.641. The predicted molar refractivity (Wildman–Crippen MR) is 85.1 cm³/mol. The summed E-state index contributed by atoms with van der Waals surface area (Å²) in [5.74, 6) is 1.70. The number of hydrogen-bond donors (Lipinski definition) is 1. The van der Waals surface area contributed by atoms with Crippen LogP contribution < -0.4 is 10.2 Å². The molecule has 106 valence electrons. The van der Waals surface area contributed by atoms with Gasteiger partial charge in [-0.15, -0.1) is 0 Å². The highest BCUT2D eigenvalue weighted by molar-refractivity contribution is 5.60. The molecule has 1 aliphatic carbocycles. The average Bonchev–Trinajstić information content (AvgIpc) is 2.30. The second-order valence-corrected chi connectivity index (χ2v) is 6.65. The molecule has 1 saturated carbocycles. The van der Waals surface area contributed by atoms with Crippen LogP contribution in [0.2, 0.25) is 0 Å². The molecule has 2 atom stereocenters. The van der Waals surface area contributed by atoms with Crippen molar-refractivity contribution in [3.05, 3.63) is 23.8 Å². The molecule has 2 rings (SSSR count). The predicted octanol–water partition coefficient (Wildman–Crippen LogP) is 4.30. The Morgan fingerprint density at radius 1 is 1.05 bits per heavy atom. The van der Waals surface area contributed by atoms with E-state index in [9.17, 15) is 0 Å². The van der Waals surface area contributed by atoms with Crippen molar-refractivity contribution >= 4 is 11.4 Å². The van der Waals surface area contributed by atoms with E-state index in [1.165, 1.54) is 36.2 Å². The average molecular weight is 260 g/mol. The SMILES string of the molecule is Cc1cc(N(C)C)ccc1NC1CC(C)CC(C)C1. The van der Waals surface area contributed by atoms with Crippen molar-refractivity contribution in [1.29, 1.82) is 0 Å². The number of hydrogen-bond acceptors (Lipinski definition) is 2. The van der Waals surface area contributed by atoms with Gasteiger partial charge in [0.05, 0.1) is 0 Å². The number of anilines is 2. The lowest BCUT2D eigenvalue weighted by Crippen LogP contribution is -2.30. The summed E-state index contributed by atoms with van der Waals surface area (Å²) in [7, 11) is 4.18. The topological polar surface area (TPSA) is 15.3 Å². The van der Waals surface area contributed by atoms with E-state index >= 15 is 0 Å². The van der Waals surface area contributed by atoms with Crippen molar-refractivity contribution in [1.82, 2.24) is 0 Å². The van der Waals surface area contributed by atoms with Gasteiger partial charge in [0, 0.05) is 31.5 Å². The number of benzene rings is 1. The summed E-state index contributed by atoms with van der Waals surface area (Å²) in [6, 6.07) is 7.33. The lowest BCUT2D eigenvalue weighted by atomic mass is 9.80. The first-order valence-electron chi connectivity index (χ1n) is 7.50. The minimum absolute atomic E-state index is 0.641. The fourth-order valence-electron chi connectivity index (χ4n) is 3.37. The van der Waals surface area contributed by atoms with E-state index in [0.29, 0.717) is 6.04 Å². The van der Waals surface area contributed by atoms with Crippen molar-refractivity contribution < 1.29 is 0 Å². The Balaban J connectivity index is 2.06. The smallest absolute Gasteiger partial charge is 0.0373 e. The molecule has 2 unspecified atom stereocenters. The molecule has 1 fully saturated rings. The molecule has 0 aliphatic heterocycles. The largest absolute Gasteiger partial charge is 0.382 e. The quantitative estimate of drug-likeness (QED) is 0.871. The van der Waals surface area contributed by atoms with Crippen LogP contribution in [0.1, 0.15) is 38.7 Å². The van der Waals surface area contributed by atoms with Gasteiger partial charge in [-0.1, -0.05) is 13.8 Å². The van der Waals surface area contributed by atoms with Crippen molar-refractivity contribution in [3.63, 3.8) is 0 Å². The van der Waals surface area contributed by atoms with Gasteiger partial charge in [0.25, 0.3) is 0 Å². The Hall–Kier alpha value is -1.18. The van der Waals surface area contributed by atoms with Gasteiger partial charge in [0.1, 0.15) is 0 Å². The molecular formula is C17H28N2. The fraction of sp³-hybridized carbons (Fsp3) is 0.647. The van der Waals surface area contributed by atoms with Crippen LogP contribution >= 0.6 is 0 Å². The Morgan fingerprint density at radius 2 is 1.68 bits per heavy atom. The maximum Gasteiger partial charge on any atom is 0.0373 e. The summed E-state index contributed by atoms with van der Waals surface area (Å²) in [4.78, 5) is 2.15. The molecule has 19 heavy (non-hydrogen) atoms. The van der Waals surface area contributed by atoms with Crippen molar-refractivity contribution in [3.8, 4) is 0 Å². The van der Waals surface area contributed by atoms with Gasteiger partial charge in [-0.3, -0.25) is 0 Å². The first-order chi connectivity index (χ1) is 8.95. The molecule has 1 aliphatic rings. The molecule has 0 spiro atoms. The molecule has 1 N–H and O–H groups in total. The van der Waals surface area contributed by atoms with Crippen LogP contribution in [0.5, 0.6) is 0 Å². The number of rotatable bonds is 3. The standard InChI is InChI=1S/C17H28N2/c1-12-8-13(2)10-15(9-12)18-17-7-6-16(19(4)5)11-14(17)3/h6-7,11-13,15,18H,8-10H2,1-5H3. The lowest BCUT2D eigenvalue weighted by Gasteiger charge is -2.33. The molecule has 2 nitrogen and oxygen atoms in total. The van der Waals surface area contributed by atoms with E-state index in [0.717, 1.165) is 11.8 Å². The van der Waals surface area contributed by atoms with E-state index in [2.05, 4.69) is 63.3 Å². The Bertz CT molecular complexity index is 415. The summed E-state index contributed by atoms with van der Waals surface area (Å²) in [5.41, 5.74) is 3.92. The van der Waals surface area contributed by atoms with Gasteiger partial charge < -0.3 is 10.2 Å². The molecule has 0 aromatic heterocycles. The third-order valence-corrected chi connectivity index (χ3v) is 4.26. The normalized spacial score (nSPS) is 27.1. The van der Waals surface area contributed by atoms with Crippen molar-refractivity contribution in [2.75, 3.05) is 24.3 Å². The summed E-state index contributed by atoms with van der Waals surface area (Å²) in [6.45, 7) is 6.96. The number of aryl methyl sites for hydroxylation is 1. The molecule has 0 saturated heterocycles. The van der Waals surface area contributed by atoms with Crippen LogP contribution in [-0.2, 0) is 0 Å². The Morgan fingerprint density at radius 3 is 2.21 bits per heavy atom. The van der Waals surface area contributed by atoms with Gasteiger partial charge in [0.2, 0.25) is 0 Å². The van der Waals surface area contributed by atoms with Crippen molar-refractivity contribution in [2.45, 2.75) is 46.1 Å². The summed E-state index contributed by atoms with van der Waals surface area (Å²) < 4.78 is 0. The molecule has 1 aromatic rings. The lowest BCUT2D eigenvalue weighted by molar-refractivity contribution is 0.281.